The van der Waals surface area contributed by atoms with Crippen molar-refractivity contribution >= 4 is 35.8 Å². The summed E-state index contributed by atoms with van der Waals surface area (Å²) in [7, 11) is 0. The van der Waals surface area contributed by atoms with Crippen LogP contribution in [0.3, 0.4) is 0 Å². The van der Waals surface area contributed by atoms with Crippen LogP contribution in [0.1, 0.15) is 18.4 Å². The Hall–Kier alpha value is -1.63. The largest absolute Gasteiger partial charge is 0.326 e. The molecule has 0 saturated carbocycles. The van der Waals surface area contributed by atoms with Gasteiger partial charge in [0, 0.05) is 29.5 Å². The maximum absolute atomic E-state index is 12.3. The SMILES string of the molecule is Cc1cc(Sc2ncccn2)ccc1NC(=O)C1CCCNC1.Cl. The first-order valence-electron chi connectivity index (χ1n) is 7.79. The van der Waals surface area contributed by atoms with Crippen LogP contribution in [0.2, 0.25) is 0 Å². The Labute approximate surface area is 152 Å². The average Bonchev–Trinajstić information content (AvgIpc) is 2.59. The quantitative estimate of drug-likeness (QED) is 0.815. The van der Waals surface area contributed by atoms with Crippen molar-refractivity contribution in [1.82, 2.24) is 15.3 Å². The average molecular weight is 365 g/mol. The van der Waals surface area contributed by atoms with Gasteiger partial charge in [-0.1, -0.05) is 0 Å². The highest BCUT2D eigenvalue weighted by Gasteiger charge is 2.21. The van der Waals surface area contributed by atoms with Crippen LogP contribution in [0.25, 0.3) is 0 Å². The lowest BCUT2D eigenvalue weighted by atomic mass is 9.98. The molecule has 1 fully saturated rings. The number of aromatic nitrogens is 2. The molecule has 2 aromatic rings. The number of nitrogens with zero attached hydrogens (tertiary/aromatic N) is 2. The van der Waals surface area contributed by atoms with E-state index in [0.29, 0.717) is 0 Å². The molecular formula is C17H21ClN4OS. The van der Waals surface area contributed by atoms with Crippen molar-refractivity contribution in [2.45, 2.75) is 29.8 Å². The lowest BCUT2D eigenvalue weighted by Crippen LogP contribution is -2.37. The maximum Gasteiger partial charge on any atom is 0.228 e. The summed E-state index contributed by atoms with van der Waals surface area (Å²) < 4.78 is 0. The number of halogens is 1. The maximum atomic E-state index is 12.3. The van der Waals surface area contributed by atoms with E-state index in [9.17, 15) is 4.79 Å². The second kappa shape index (κ2) is 9.01. The van der Waals surface area contributed by atoms with Crippen molar-refractivity contribution in [3.63, 3.8) is 0 Å². The fourth-order valence-electron chi connectivity index (χ4n) is 2.59. The topological polar surface area (TPSA) is 66.9 Å². The molecule has 0 radical (unpaired) electrons. The van der Waals surface area contributed by atoms with Crippen LogP contribution in [0, 0.1) is 12.8 Å². The van der Waals surface area contributed by atoms with E-state index in [4.69, 9.17) is 0 Å². The number of piperidine rings is 1. The Balaban J connectivity index is 0.00000208. The van der Waals surface area contributed by atoms with E-state index in [1.807, 2.05) is 19.1 Å². The van der Waals surface area contributed by atoms with Crippen molar-refractivity contribution < 1.29 is 4.79 Å². The predicted molar refractivity (Wildman–Crippen MR) is 98.8 cm³/mol. The third-order valence-electron chi connectivity index (χ3n) is 3.87. The molecule has 7 heteroatoms. The standard InChI is InChI=1S/C17H20N4OS.ClH/c1-12-10-14(23-17-19-8-3-9-20-17)5-6-15(12)21-16(22)13-4-2-7-18-11-13;/h3,5-6,8-10,13,18H,2,4,7,11H2,1H3,(H,21,22);1H. The number of hydrogen-bond acceptors (Lipinski definition) is 5. The molecule has 128 valence electrons. The Morgan fingerprint density at radius 2 is 2.12 bits per heavy atom. The smallest absolute Gasteiger partial charge is 0.228 e. The van der Waals surface area contributed by atoms with Gasteiger partial charge in [0.05, 0.1) is 5.92 Å². The highest BCUT2D eigenvalue weighted by Crippen LogP contribution is 2.28. The number of carbonyl (C=O) groups excluding carboxylic acids is 1. The third kappa shape index (κ3) is 4.93. The number of amides is 1. The molecule has 1 aliphatic heterocycles. The normalized spacial score (nSPS) is 17.0. The number of benzene rings is 1. The van der Waals surface area contributed by atoms with E-state index >= 15 is 0 Å². The zero-order chi connectivity index (χ0) is 16.1. The van der Waals surface area contributed by atoms with Crippen molar-refractivity contribution in [1.29, 1.82) is 0 Å². The van der Waals surface area contributed by atoms with Gasteiger partial charge in [-0.25, -0.2) is 9.97 Å². The summed E-state index contributed by atoms with van der Waals surface area (Å²) in [6.07, 6.45) is 5.48. The first-order chi connectivity index (χ1) is 11.2. The Kier molecular flexibility index (Phi) is 7.02. The van der Waals surface area contributed by atoms with Crippen LogP contribution >= 0.6 is 24.2 Å². The van der Waals surface area contributed by atoms with Gasteiger partial charge in [-0.05, 0) is 67.9 Å². The van der Waals surface area contributed by atoms with Gasteiger partial charge in [-0.15, -0.1) is 12.4 Å². The van der Waals surface area contributed by atoms with Gasteiger partial charge in [0.2, 0.25) is 5.91 Å². The lowest BCUT2D eigenvalue weighted by Gasteiger charge is -2.22. The number of aryl methyl sites for hydroxylation is 1. The summed E-state index contributed by atoms with van der Waals surface area (Å²) in [5.41, 5.74) is 1.92. The van der Waals surface area contributed by atoms with Gasteiger partial charge in [-0.2, -0.15) is 0 Å². The molecule has 0 spiro atoms. The summed E-state index contributed by atoms with van der Waals surface area (Å²) >= 11 is 1.51. The summed E-state index contributed by atoms with van der Waals surface area (Å²) in [4.78, 5) is 21.8. The third-order valence-corrected chi connectivity index (χ3v) is 4.76. The summed E-state index contributed by atoms with van der Waals surface area (Å²) in [5.74, 6) is 0.169. The molecule has 1 aromatic carbocycles. The van der Waals surface area contributed by atoms with Crippen molar-refractivity contribution in [2.24, 2.45) is 5.92 Å². The van der Waals surface area contributed by atoms with Crippen LogP contribution < -0.4 is 10.6 Å². The van der Waals surface area contributed by atoms with E-state index in [-0.39, 0.29) is 24.2 Å². The first kappa shape index (κ1) is 18.7. The van der Waals surface area contributed by atoms with Gasteiger partial charge < -0.3 is 10.6 Å². The van der Waals surface area contributed by atoms with Gasteiger partial charge in [0.25, 0.3) is 0 Å². The Morgan fingerprint density at radius 1 is 1.33 bits per heavy atom. The Morgan fingerprint density at radius 3 is 2.79 bits per heavy atom. The zero-order valence-electron chi connectivity index (χ0n) is 13.5. The van der Waals surface area contributed by atoms with E-state index in [1.54, 1.807) is 18.5 Å². The molecule has 2 heterocycles. The molecule has 5 nitrogen and oxygen atoms in total. The molecule has 1 aliphatic rings. The van der Waals surface area contributed by atoms with Crippen molar-refractivity contribution in [2.75, 3.05) is 18.4 Å². The minimum atomic E-state index is 0. The number of nitrogens with one attached hydrogen (secondary N) is 2. The minimum absolute atomic E-state index is 0. The Bertz CT molecular complexity index is 678. The zero-order valence-corrected chi connectivity index (χ0v) is 15.1. The minimum Gasteiger partial charge on any atom is -0.326 e. The van der Waals surface area contributed by atoms with Gasteiger partial charge >= 0.3 is 0 Å². The lowest BCUT2D eigenvalue weighted by molar-refractivity contribution is -0.120. The number of rotatable bonds is 4. The molecule has 1 saturated heterocycles. The number of carbonyl (C=O) groups is 1. The second-order valence-electron chi connectivity index (χ2n) is 5.64. The fraction of sp³-hybridized carbons (Fsp3) is 0.353. The van der Waals surface area contributed by atoms with Crippen LogP contribution in [0.4, 0.5) is 5.69 Å². The summed E-state index contributed by atoms with van der Waals surface area (Å²) in [5, 5.41) is 7.05. The van der Waals surface area contributed by atoms with Gasteiger partial charge in [-0.3, -0.25) is 4.79 Å². The summed E-state index contributed by atoms with van der Waals surface area (Å²) in [6, 6.07) is 7.79. The van der Waals surface area contributed by atoms with Gasteiger partial charge in [0.1, 0.15) is 0 Å². The molecule has 3 rings (SSSR count). The van der Waals surface area contributed by atoms with Crippen molar-refractivity contribution in [3.05, 3.63) is 42.2 Å². The highest BCUT2D eigenvalue weighted by molar-refractivity contribution is 7.99. The molecular weight excluding hydrogens is 344 g/mol. The van der Waals surface area contributed by atoms with Crippen LogP contribution in [-0.2, 0) is 4.79 Å². The van der Waals surface area contributed by atoms with E-state index in [1.165, 1.54) is 11.8 Å². The monoisotopic (exact) mass is 364 g/mol. The molecule has 24 heavy (non-hydrogen) atoms. The van der Waals surface area contributed by atoms with E-state index < -0.39 is 0 Å². The highest BCUT2D eigenvalue weighted by atomic mass is 35.5. The van der Waals surface area contributed by atoms with Crippen LogP contribution in [0.5, 0.6) is 0 Å². The predicted octanol–water partition coefficient (Wildman–Crippen LogP) is 3.30. The van der Waals surface area contributed by atoms with E-state index in [0.717, 1.165) is 47.2 Å². The van der Waals surface area contributed by atoms with Gasteiger partial charge in [0.15, 0.2) is 5.16 Å². The molecule has 0 aliphatic carbocycles. The number of hydrogen-bond donors (Lipinski definition) is 2. The number of anilines is 1. The molecule has 1 unspecified atom stereocenters. The molecule has 1 amide bonds. The first-order valence-corrected chi connectivity index (χ1v) is 8.61. The van der Waals surface area contributed by atoms with E-state index in [2.05, 4.69) is 26.7 Å². The van der Waals surface area contributed by atoms with Crippen LogP contribution in [0.15, 0.2) is 46.7 Å². The van der Waals surface area contributed by atoms with Crippen LogP contribution in [-0.4, -0.2) is 29.0 Å². The van der Waals surface area contributed by atoms with Crippen molar-refractivity contribution in [3.8, 4) is 0 Å². The molecule has 0 bridgehead atoms. The molecule has 1 atom stereocenters. The molecule has 2 N–H and O–H groups in total. The second-order valence-corrected chi connectivity index (χ2v) is 6.68. The summed E-state index contributed by atoms with van der Waals surface area (Å²) in [6.45, 7) is 3.78. The molecule has 1 aromatic heterocycles. The fourth-order valence-corrected chi connectivity index (χ4v) is 3.40.